The van der Waals surface area contributed by atoms with Gasteiger partial charge in [0.15, 0.2) is 0 Å². The lowest BCUT2D eigenvalue weighted by Crippen LogP contribution is -2.16. The zero-order valence-electron chi connectivity index (χ0n) is 10.5. The molecule has 0 radical (unpaired) electrons. The van der Waals surface area contributed by atoms with E-state index in [1.165, 1.54) is 12.1 Å². The molecular formula is C12H14N4O3. The third kappa shape index (κ3) is 3.35. The van der Waals surface area contributed by atoms with E-state index < -0.39 is 4.92 Å². The first-order valence-electron chi connectivity index (χ1n) is 5.99. The number of nitrogens with zero attached hydrogens (tertiary/aromatic N) is 3. The molecule has 0 aliphatic carbocycles. The zero-order valence-corrected chi connectivity index (χ0v) is 10.5. The van der Waals surface area contributed by atoms with Gasteiger partial charge in [-0.3, -0.25) is 10.1 Å². The number of nitro benzene ring substituents is 1. The Labute approximate surface area is 109 Å². The minimum Gasteiger partial charge on any atom is -0.339 e. The second-order valence-electron chi connectivity index (χ2n) is 3.92. The average molecular weight is 262 g/mol. The molecule has 0 atom stereocenters. The van der Waals surface area contributed by atoms with Crippen molar-refractivity contribution in [1.29, 1.82) is 0 Å². The molecule has 0 saturated heterocycles. The van der Waals surface area contributed by atoms with Crippen molar-refractivity contribution in [2.45, 2.75) is 13.3 Å². The number of benzene rings is 1. The van der Waals surface area contributed by atoms with Gasteiger partial charge in [0.1, 0.15) is 0 Å². The van der Waals surface area contributed by atoms with Gasteiger partial charge in [-0.1, -0.05) is 24.2 Å². The van der Waals surface area contributed by atoms with Gasteiger partial charge in [-0.25, -0.2) is 0 Å². The Hall–Kier alpha value is -2.28. The lowest BCUT2D eigenvalue weighted by atomic mass is 10.2. The lowest BCUT2D eigenvalue weighted by molar-refractivity contribution is -0.384. The molecule has 0 aliphatic heterocycles. The molecule has 0 saturated carbocycles. The quantitative estimate of drug-likeness (QED) is 0.484. The van der Waals surface area contributed by atoms with Crippen molar-refractivity contribution >= 4 is 5.69 Å². The maximum absolute atomic E-state index is 10.7. The van der Waals surface area contributed by atoms with Crippen LogP contribution in [-0.2, 0) is 6.42 Å². The van der Waals surface area contributed by atoms with Gasteiger partial charge in [-0.15, -0.1) is 0 Å². The monoisotopic (exact) mass is 262 g/mol. The van der Waals surface area contributed by atoms with Crippen molar-refractivity contribution in [1.82, 2.24) is 15.5 Å². The predicted octanol–water partition coefficient (Wildman–Crippen LogP) is 1.80. The Bertz CT molecular complexity index is 568. The molecule has 1 N–H and O–H groups in total. The highest BCUT2D eigenvalue weighted by Crippen LogP contribution is 2.21. The number of hydrogen-bond acceptors (Lipinski definition) is 6. The molecule has 7 nitrogen and oxygen atoms in total. The third-order valence-electron chi connectivity index (χ3n) is 2.55. The van der Waals surface area contributed by atoms with E-state index in [0.717, 1.165) is 13.1 Å². The molecule has 0 aliphatic rings. The Balaban J connectivity index is 2.13. The molecule has 100 valence electrons. The fourth-order valence-corrected chi connectivity index (χ4v) is 1.60. The molecule has 0 bridgehead atoms. The smallest absolute Gasteiger partial charge is 0.270 e. The van der Waals surface area contributed by atoms with E-state index in [1.807, 2.05) is 6.92 Å². The van der Waals surface area contributed by atoms with E-state index in [-0.39, 0.29) is 5.69 Å². The first-order chi connectivity index (χ1) is 9.20. The maximum Gasteiger partial charge on any atom is 0.270 e. The Morgan fingerprint density at radius 1 is 1.47 bits per heavy atom. The summed E-state index contributed by atoms with van der Waals surface area (Å²) in [6, 6.07) is 6.17. The van der Waals surface area contributed by atoms with Crippen LogP contribution in [0, 0.1) is 10.1 Å². The Morgan fingerprint density at radius 2 is 2.32 bits per heavy atom. The minimum absolute atomic E-state index is 0.0106. The summed E-state index contributed by atoms with van der Waals surface area (Å²) >= 11 is 0. The number of non-ortho nitro benzene ring substituents is 1. The lowest BCUT2D eigenvalue weighted by Gasteiger charge is -1.95. The van der Waals surface area contributed by atoms with Gasteiger partial charge >= 0.3 is 0 Å². The van der Waals surface area contributed by atoms with Gasteiger partial charge in [-0.05, 0) is 6.54 Å². The van der Waals surface area contributed by atoms with Gasteiger partial charge in [0, 0.05) is 30.7 Å². The molecule has 1 heterocycles. The fraction of sp³-hybridized carbons (Fsp3) is 0.333. The summed E-state index contributed by atoms with van der Waals surface area (Å²) in [4.78, 5) is 14.5. The van der Waals surface area contributed by atoms with Crippen LogP contribution in [0.1, 0.15) is 12.8 Å². The molecule has 19 heavy (non-hydrogen) atoms. The van der Waals surface area contributed by atoms with Gasteiger partial charge in [0.2, 0.25) is 11.7 Å². The van der Waals surface area contributed by atoms with Crippen LogP contribution in [0.2, 0.25) is 0 Å². The van der Waals surface area contributed by atoms with Crippen LogP contribution in [0.15, 0.2) is 28.8 Å². The number of nitro groups is 1. The number of rotatable bonds is 6. The van der Waals surface area contributed by atoms with E-state index in [9.17, 15) is 10.1 Å². The average Bonchev–Trinajstić information content (AvgIpc) is 2.88. The van der Waals surface area contributed by atoms with Crippen LogP contribution >= 0.6 is 0 Å². The molecule has 0 fully saturated rings. The standard InChI is InChI=1S/C12H14N4O3/c1-2-13-7-6-11-14-12(15-19-11)9-4-3-5-10(8-9)16(17)18/h3-5,8,13H,2,6-7H2,1H3. The largest absolute Gasteiger partial charge is 0.339 e. The maximum atomic E-state index is 10.7. The molecule has 2 aromatic rings. The molecule has 1 aromatic carbocycles. The van der Waals surface area contributed by atoms with E-state index in [1.54, 1.807) is 12.1 Å². The number of hydrogen-bond donors (Lipinski definition) is 1. The summed E-state index contributed by atoms with van der Waals surface area (Å²) in [6.07, 6.45) is 0.635. The van der Waals surface area contributed by atoms with Gasteiger partial charge in [0.05, 0.1) is 4.92 Å². The summed E-state index contributed by atoms with van der Waals surface area (Å²) in [7, 11) is 0. The minimum atomic E-state index is -0.449. The van der Waals surface area contributed by atoms with Gasteiger partial charge < -0.3 is 9.84 Å². The molecule has 0 unspecified atom stereocenters. The van der Waals surface area contributed by atoms with E-state index in [0.29, 0.717) is 23.7 Å². The fourth-order valence-electron chi connectivity index (χ4n) is 1.60. The van der Waals surface area contributed by atoms with Crippen LogP contribution in [0.5, 0.6) is 0 Å². The molecule has 2 rings (SSSR count). The van der Waals surface area contributed by atoms with Crippen LogP contribution in [0.25, 0.3) is 11.4 Å². The topological polar surface area (TPSA) is 94.1 Å². The summed E-state index contributed by atoms with van der Waals surface area (Å²) in [5.41, 5.74) is 0.587. The number of nitrogens with one attached hydrogen (secondary N) is 1. The first-order valence-corrected chi connectivity index (χ1v) is 5.99. The van der Waals surface area contributed by atoms with Crippen molar-refractivity contribution in [3.05, 3.63) is 40.3 Å². The van der Waals surface area contributed by atoms with Crippen LogP contribution in [0.3, 0.4) is 0 Å². The Morgan fingerprint density at radius 3 is 3.05 bits per heavy atom. The van der Waals surface area contributed by atoms with Crippen molar-refractivity contribution in [2.75, 3.05) is 13.1 Å². The normalized spacial score (nSPS) is 10.6. The van der Waals surface area contributed by atoms with Crippen LogP contribution in [-0.4, -0.2) is 28.2 Å². The van der Waals surface area contributed by atoms with Crippen LogP contribution < -0.4 is 5.32 Å². The number of aromatic nitrogens is 2. The SMILES string of the molecule is CCNCCc1nc(-c2cccc([N+](=O)[O-])c2)no1. The second kappa shape index (κ2) is 6.05. The van der Waals surface area contributed by atoms with Gasteiger partial charge in [0.25, 0.3) is 5.69 Å². The van der Waals surface area contributed by atoms with Crippen molar-refractivity contribution in [3.63, 3.8) is 0 Å². The Kier molecular flexibility index (Phi) is 4.19. The first kappa shape index (κ1) is 13.2. The highest BCUT2D eigenvalue weighted by Gasteiger charge is 2.12. The summed E-state index contributed by atoms with van der Waals surface area (Å²) in [5.74, 6) is 0.887. The molecule has 7 heteroatoms. The predicted molar refractivity (Wildman–Crippen MR) is 68.6 cm³/mol. The molecule has 0 spiro atoms. The third-order valence-corrected chi connectivity index (χ3v) is 2.55. The van der Waals surface area contributed by atoms with E-state index in [2.05, 4.69) is 15.5 Å². The van der Waals surface area contributed by atoms with Crippen molar-refractivity contribution < 1.29 is 9.45 Å². The zero-order chi connectivity index (χ0) is 13.7. The van der Waals surface area contributed by atoms with Crippen molar-refractivity contribution in [2.24, 2.45) is 0 Å². The van der Waals surface area contributed by atoms with Crippen molar-refractivity contribution in [3.8, 4) is 11.4 Å². The van der Waals surface area contributed by atoms with Gasteiger partial charge in [-0.2, -0.15) is 4.98 Å². The second-order valence-corrected chi connectivity index (χ2v) is 3.92. The molecule has 1 aromatic heterocycles. The summed E-state index contributed by atoms with van der Waals surface area (Å²) in [5, 5.41) is 17.7. The summed E-state index contributed by atoms with van der Waals surface area (Å²) < 4.78 is 5.10. The molecular weight excluding hydrogens is 248 g/mol. The molecule has 0 amide bonds. The van der Waals surface area contributed by atoms with E-state index in [4.69, 9.17) is 4.52 Å². The summed E-state index contributed by atoms with van der Waals surface area (Å²) in [6.45, 7) is 3.65. The number of likely N-dealkylation sites (N-methyl/N-ethyl adjacent to an activating group) is 1. The highest BCUT2D eigenvalue weighted by atomic mass is 16.6. The highest BCUT2D eigenvalue weighted by molar-refractivity contribution is 5.58. The van der Waals surface area contributed by atoms with Crippen LogP contribution in [0.4, 0.5) is 5.69 Å². The van der Waals surface area contributed by atoms with E-state index >= 15 is 0 Å².